The van der Waals surface area contributed by atoms with Gasteiger partial charge in [0.25, 0.3) is 5.91 Å². The second-order valence-corrected chi connectivity index (χ2v) is 8.32. The van der Waals surface area contributed by atoms with Crippen molar-refractivity contribution in [1.29, 1.82) is 0 Å². The van der Waals surface area contributed by atoms with Gasteiger partial charge in [-0.05, 0) is 38.7 Å². The average molecular weight is 386 g/mol. The van der Waals surface area contributed by atoms with Crippen molar-refractivity contribution in [2.24, 2.45) is 11.7 Å². The lowest BCUT2D eigenvalue weighted by molar-refractivity contribution is -0.120. The summed E-state index contributed by atoms with van der Waals surface area (Å²) in [6.45, 7) is 6.12. The maximum atomic E-state index is 12.6. The Kier molecular flexibility index (Phi) is 6.88. The molecule has 3 rings (SSSR count). The van der Waals surface area contributed by atoms with Gasteiger partial charge in [0.05, 0.1) is 5.56 Å². The number of rotatable bonds is 4. The third-order valence-corrected chi connectivity index (χ3v) is 6.41. The Hall–Kier alpha value is -1.11. The molecule has 2 aliphatic rings. The molecule has 5 nitrogen and oxygen atoms in total. The molecule has 1 aliphatic heterocycles. The molecule has 0 unspecified atom stereocenters. The van der Waals surface area contributed by atoms with Crippen LogP contribution in [0.1, 0.15) is 66.8 Å². The summed E-state index contributed by atoms with van der Waals surface area (Å²) in [5.74, 6) is -0.299. The third kappa shape index (κ3) is 4.36. The fourth-order valence-electron chi connectivity index (χ4n) is 3.79. The number of nitrogens with one attached hydrogen (secondary N) is 1. The van der Waals surface area contributed by atoms with Crippen LogP contribution in [0.3, 0.4) is 0 Å². The number of hydrogen-bond acceptors (Lipinski definition) is 4. The Labute approximate surface area is 159 Å². The second-order valence-electron chi connectivity index (χ2n) is 7.21. The molecule has 2 heterocycles. The first kappa shape index (κ1) is 20.2. The minimum atomic E-state index is -0.426. The normalized spacial score (nSPS) is 18.5. The van der Waals surface area contributed by atoms with E-state index in [-0.39, 0.29) is 24.2 Å². The molecule has 1 aromatic heterocycles. The molecule has 1 aliphatic carbocycles. The highest BCUT2D eigenvalue weighted by Gasteiger charge is 2.30. The maximum Gasteiger partial charge on any atom is 0.251 e. The van der Waals surface area contributed by atoms with Crippen LogP contribution >= 0.6 is 23.7 Å². The highest BCUT2D eigenvalue weighted by atomic mass is 35.5. The highest BCUT2D eigenvalue weighted by molar-refractivity contribution is 7.17. The van der Waals surface area contributed by atoms with Gasteiger partial charge >= 0.3 is 0 Å². The van der Waals surface area contributed by atoms with E-state index in [1.807, 2.05) is 0 Å². The number of thiophene rings is 1. The standard InChI is InChI=1S/C18H27N3O2S.ClH/c1-11(2)21-9-8-13-14(10-21)24-18(15(13)16(19)22)20-17(23)12-6-4-3-5-7-12;/h11-12H,3-10H2,1-2H3,(H2,19,22)(H,20,23);1H. The zero-order valence-corrected chi connectivity index (χ0v) is 16.6. The fraction of sp³-hybridized carbons (Fsp3) is 0.667. The first-order valence-electron chi connectivity index (χ1n) is 8.96. The lowest BCUT2D eigenvalue weighted by Gasteiger charge is -2.30. The summed E-state index contributed by atoms with van der Waals surface area (Å²) in [6.07, 6.45) is 6.17. The van der Waals surface area contributed by atoms with Gasteiger partial charge < -0.3 is 11.1 Å². The van der Waals surface area contributed by atoms with Gasteiger partial charge in [0.2, 0.25) is 5.91 Å². The highest BCUT2D eigenvalue weighted by Crippen LogP contribution is 2.38. The average Bonchev–Trinajstić information content (AvgIpc) is 2.92. The van der Waals surface area contributed by atoms with E-state index in [2.05, 4.69) is 24.1 Å². The van der Waals surface area contributed by atoms with Gasteiger partial charge in [0.15, 0.2) is 0 Å². The van der Waals surface area contributed by atoms with Gasteiger partial charge in [-0.2, -0.15) is 0 Å². The summed E-state index contributed by atoms with van der Waals surface area (Å²) in [5, 5.41) is 3.68. The van der Waals surface area contributed by atoms with Crippen LogP contribution in [-0.4, -0.2) is 29.3 Å². The minimum absolute atomic E-state index is 0. The number of hydrogen-bond donors (Lipinski definition) is 2. The number of primary amides is 1. The van der Waals surface area contributed by atoms with Crippen molar-refractivity contribution in [2.45, 2.75) is 65.0 Å². The smallest absolute Gasteiger partial charge is 0.251 e. The predicted octanol–water partition coefficient (Wildman–Crippen LogP) is 3.55. The number of amides is 2. The van der Waals surface area contributed by atoms with Crippen LogP contribution in [0.15, 0.2) is 0 Å². The Morgan fingerprint density at radius 3 is 2.52 bits per heavy atom. The fourth-order valence-corrected chi connectivity index (χ4v) is 5.07. The minimum Gasteiger partial charge on any atom is -0.365 e. The van der Waals surface area contributed by atoms with Crippen LogP contribution in [0, 0.1) is 5.92 Å². The number of carbonyl (C=O) groups excluding carboxylic acids is 2. The molecule has 3 N–H and O–H groups in total. The molecule has 0 atom stereocenters. The van der Waals surface area contributed by atoms with Gasteiger partial charge in [-0.1, -0.05) is 19.3 Å². The first-order chi connectivity index (χ1) is 11.5. The van der Waals surface area contributed by atoms with Crippen molar-refractivity contribution < 1.29 is 9.59 Å². The molecule has 0 aromatic carbocycles. The third-order valence-electron chi connectivity index (χ3n) is 5.28. The molecule has 0 spiro atoms. The number of nitrogens with two attached hydrogens (primary N) is 1. The van der Waals surface area contributed by atoms with E-state index in [4.69, 9.17) is 5.73 Å². The summed E-state index contributed by atoms with van der Waals surface area (Å²) in [5.41, 5.74) is 7.22. The molecule has 0 bridgehead atoms. The SMILES string of the molecule is CC(C)N1CCc2c(sc(NC(=O)C3CCCCC3)c2C(N)=O)C1.Cl. The van der Waals surface area contributed by atoms with Crippen molar-refractivity contribution in [1.82, 2.24) is 4.90 Å². The van der Waals surface area contributed by atoms with Gasteiger partial charge in [-0.3, -0.25) is 14.5 Å². The Morgan fingerprint density at radius 2 is 1.92 bits per heavy atom. The Balaban J connectivity index is 0.00000225. The molecule has 140 valence electrons. The molecular weight excluding hydrogens is 358 g/mol. The van der Waals surface area contributed by atoms with E-state index in [0.29, 0.717) is 16.6 Å². The van der Waals surface area contributed by atoms with Gasteiger partial charge in [0.1, 0.15) is 5.00 Å². The molecule has 1 aromatic rings. The second kappa shape index (κ2) is 8.52. The lowest BCUT2D eigenvalue weighted by Crippen LogP contribution is -2.35. The van der Waals surface area contributed by atoms with E-state index in [1.54, 1.807) is 0 Å². The van der Waals surface area contributed by atoms with E-state index >= 15 is 0 Å². The number of fused-ring (bicyclic) bond motifs is 1. The molecule has 1 saturated carbocycles. The first-order valence-corrected chi connectivity index (χ1v) is 9.78. The Bertz CT molecular complexity index is 639. The van der Waals surface area contributed by atoms with Crippen molar-refractivity contribution in [3.05, 3.63) is 16.0 Å². The van der Waals surface area contributed by atoms with Crippen molar-refractivity contribution in [2.75, 3.05) is 11.9 Å². The van der Waals surface area contributed by atoms with E-state index in [1.165, 1.54) is 22.6 Å². The number of nitrogens with zero attached hydrogens (tertiary/aromatic N) is 1. The van der Waals surface area contributed by atoms with Crippen LogP contribution in [0.25, 0.3) is 0 Å². The summed E-state index contributed by atoms with van der Waals surface area (Å²) in [6, 6.07) is 0.470. The molecule has 25 heavy (non-hydrogen) atoms. The number of anilines is 1. The van der Waals surface area contributed by atoms with Crippen LogP contribution in [0.2, 0.25) is 0 Å². The maximum absolute atomic E-state index is 12.6. The van der Waals surface area contributed by atoms with E-state index < -0.39 is 5.91 Å². The lowest BCUT2D eigenvalue weighted by atomic mass is 9.88. The largest absolute Gasteiger partial charge is 0.365 e. The summed E-state index contributed by atoms with van der Waals surface area (Å²) in [7, 11) is 0. The van der Waals surface area contributed by atoms with Crippen LogP contribution in [0.5, 0.6) is 0 Å². The van der Waals surface area contributed by atoms with Crippen LogP contribution in [-0.2, 0) is 17.8 Å². The van der Waals surface area contributed by atoms with Gasteiger partial charge in [-0.25, -0.2) is 0 Å². The molecular formula is C18H28ClN3O2S. The zero-order chi connectivity index (χ0) is 17.3. The summed E-state index contributed by atoms with van der Waals surface area (Å²) >= 11 is 1.53. The van der Waals surface area contributed by atoms with Gasteiger partial charge in [-0.15, -0.1) is 23.7 Å². The van der Waals surface area contributed by atoms with Crippen LogP contribution < -0.4 is 11.1 Å². The zero-order valence-electron chi connectivity index (χ0n) is 15.0. The summed E-state index contributed by atoms with van der Waals surface area (Å²) in [4.78, 5) is 28.1. The van der Waals surface area contributed by atoms with E-state index in [0.717, 1.165) is 50.8 Å². The van der Waals surface area contributed by atoms with Gasteiger partial charge in [0, 0.05) is 29.9 Å². The molecule has 0 radical (unpaired) electrons. The van der Waals surface area contributed by atoms with Crippen molar-refractivity contribution in [3.63, 3.8) is 0 Å². The van der Waals surface area contributed by atoms with Crippen molar-refractivity contribution >= 4 is 40.6 Å². The Morgan fingerprint density at radius 1 is 1.24 bits per heavy atom. The molecule has 2 amide bonds. The van der Waals surface area contributed by atoms with E-state index in [9.17, 15) is 9.59 Å². The van der Waals surface area contributed by atoms with Crippen LogP contribution in [0.4, 0.5) is 5.00 Å². The number of halogens is 1. The van der Waals surface area contributed by atoms with Crippen molar-refractivity contribution in [3.8, 4) is 0 Å². The number of carbonyl (C=O) groups is 2. The molecule has 0 saturated heterocycles. The quantitative estimate of drug-likeness (QED) is 0.832. The topological polar surface area (TPSA) is 75.4 Å². The molecule has 7 heteroatoms. The monoisotopic (exact) mass is 385 g/mol. The molecule has 1 fully saturated rings. The summed E-state index contributed by atoms with van der Waals surface area (Å²) < 4.78 is 0. The predicted molar refractivity (Wildman–Crippen MR) is 105 cm³/mol.